The summed E-state index contributed by atoms with van der Waals surface area (Å²) in [6.45, 7) is 8.59. The fourth-order valence-electron chi connectivity index (χ4n) is 7.82. The van der Waals surface area contributed by atoms with Crippen LogP contribution in [0.4, 0.5) is 0 Å². The van der Waals surface area contributed by atoms with E-state index in [1.807, 2.05) is 61.6 Å². The van der Waals surface area contributed by atoms with Crippen LogP contribution in [-0.4, -0.2) is 151 Å². The van der Waals surface area contributed by atoms with Crippen LogP contribution in [0.25, 0.3) is 0 Å². The third-order valence-corrected chi connectivity index (χ3v) is 12.1. The molecule has 18 unspecified atom stereocenters. The number of esters is 2. The molecule has 3 rings (SSSR count). The first-order valence-electron chi connectivity index (χ1n) is 22.6. The van der Waals surface area contributed by atoms with Crippen LogP contribution in [0.15, 0.2) is 96.9 Å². The molecule has 3 heterocycles. The van der Waals surface area contributed by atoms with Gasteiger partial charge in [0.1, 0.15) is 24.2 Å². The molecule has 1 fully saturated rings. The highest BCUT2D eigenvalue weighted by Gasteiger charge is 2.45. The lowest BCUT2D eigenvalue weighted by molar-refractivity contribution is -0.288. The Morgan fingerprint density at radius 2 is 1.17 bits per heavy atom. The number of carbonyl (C=O) groups is 2. The molecule has 0 saturated carbocycles. The fourth-order valence-corrected chi connectivity index (χ4v) is 7.82. The van der Waals surface area contributed by atoms with Crippen molar-refractivity contribution in [1.29, 1.82) is 0 Å². The van der Waals surface area contributed by atoms with Gasteiger partial charge in [0, 0.05) is 37.0 Å². The molecule has 1 saturated heterocycles. The topological polar surface area (TPSA) is 262 Å². The number of hydrogen-bond acceptors (Lipinski definition) is 16. The lowest BCUT2D eigenvalue weighted by Crippen LogP contribution is -2.54. The average molecular weight is 935 g/mol. The van der Waals surface area contributed by atoms with Crippen molar-refractivity contribution >= 4 is 11.9 Å². The van der Waals surface area contributed by atoms with Crippen molar-refractivity contribution in [1.82, 2.24) is 0 Å². The number of cyclic esters (lactones) is 1. The zero-order valence-corrected chi connectivity index (χ0v) is 38.4. The molecule has 374 valence electrons. The summed E-state index contributed by atoms with van der Waals surface area (Å²) in [4.78, 5) is 25.6. The molecule has 16 nitrogen and oxygen atoms in total. The molecule has 66 heavy (non-hydrogen) atoms. The summed E-state index contributed by atoms with van der Waals surface area (Å²) in [6, 6.07) is 0. The molecule has 0 aromatic heterocycles. The highest BCUT2D eigenvalue weighted by Crippen LogP contribution is 2.34. The summed E-state index contributed by atoms with van der Waals surface area (Å²) in [7, 11) is 1.17. The van der Waals surface area contributed by atoms with Crippen molar-refractivity contribution in [3.8, 4) is 0 Å². The second-order valence-corrected chi connectivity index (χ2v) is 17.4. The zero-order valence-electron chi connectivity index (χ0n) is 38.4. The Bertz CT molecular complexity index is 1690. The summed E-state index contributed by atoms with van der Waals surface area (Å²) in [6.07, 6.45) is 9.62. The van der Waals surface area contributed by atoms with E-state index >= 15 is 0 Å². The van der Waals surface area contributed by atoms with Crippen molar-refractivity contribution in [2.75, 3.05) is 7.11 Å². The third-order valence-electron chi connectivity index (χ3n) is 12.1. The van der Waals surface area contributed by atoms with Gasteiger partial charge in [-0.15, -0.1) is 0 Å². The number of aliphatic hydroxyl groups excluding tert-OH is 9. The minimum Gasteiger partial charge on any atom is -0.494 e. The Labute approximate surface area is 390 Å². The van der Waals surface area contributed by atoms with Gasteiger partial charge < -0.3 is 69.6 Å². The van der Waals surface area contributed by atoms with E-state index in [0.717, 1.165) is 0 Å². The minimum absolute atomic E-state index is 0. The summed E-state index contributed by atoms with van der Waals surface area (Å²) < 4.78 is 28.8. The molecule has 2 bridgehead atoms. The van der Waals surface area contributed by atoms with Crippen LogP contribution >= 0.6 is 0 Å². The third kappa shape index (κ3) is 19.4. The van der Waals surface area contributed by atoms with Gasteiger partial charge in [0.15, 0.2) is 6.29 Å². The van der Waals surface area contributed by atoms with Crippen LogP contribution in [0.2, 0.25) is 0 Å². The largest absolute Gasteiger partial charge is 0.494 e. The molecule has 3 aliphatic heterocycles. The number of methoxy groups -OCH3 is 1. The Hall–Kier alpha value is -3.78. The maximum absolute atomic E-state index is 13.0. The molecular formula is C50H78O16. The molecule has 0 amide bonds. The standard InChI is InChI=1S/C49H74O16.CH4/c1-29-19-17-15-13-11-9-7-8-10-12-14-16-18-20-37(65-49-47(59)31(3)46(58)33(5)63-49)28-42-44(48(60)61-6)41(55)27-38(64-42)24-36(52)25-40(54)39(53)22-21-34(50)23-35(51)26-43(56)62-32(4)30(2)45(29)57;/h7-20,27,29-37,39-42,44-47,49-55,57-59H,21-26,28H2,1-6H3;1H4/b8-7+,11-9+,12-10+,15-13+,16-14+,19-17+,20-18+;. The minimum atomic E-state index is -1.45. The molecule has 16 heteroatoms. The number of ether oxygens (including phenoxy) is 5. The van der Waals surface area contributed by atoms with Crippen molar-refractivity contribution in [2.24, 2.45) is 23.7 Å². The number of fused-ring (bicyclic) bond motifs is 2. The SMILES string of the molecule is C.COC(=O)C1C(O)C=C2CC(O)CC(O)C(O)CCC(O)CC(O)CC(=O)OC(C)C(C)C(O)C(C)/C=C/C=C/C=C/C=C/C=C/C=C/C=C/C(OC3OC(C)C(O)C(C)C3O)CC1O2. The van der Waals surface area contributed by atoms with Crippen LogP contribution < -0.4 is 0 Å². The molecule has 3 aliphatic rings. The maximum Gasteiger partial charge on any atom is 0.315 e. The number of aliphatic hydroxyl groups is 9. The van der Waals surface area contributed by atoms with E-state index < -0.39 is 122 Å². The van der Waals surface area contributed by atoms with E-state index in [1.165, 1.54) is 13.2 Å². The Kier molecular flexibility index (Phi) is 26.4. The molecule has 0 aliphatic carbocycles. The van der Waals surface area contributed by atoms with Crippen LogP contribution in [0.1, 0.15) is 87.0 Å². The first-order valence-corrected chi connectivity index (χ1v) is 22.6. The first-order chi connectivity index (χ1) is 30.8. The quantitative estimate of drug-likeness (QED) is 0.183. The van der Waals surface area contributed by atoms with Crippen molar-refractivity contribution in [3.63, 3.8) is 0 Å². The maximum atomic E-state index is 13.0. The number of hydrogen-bond donors (Lipinski definition) is 9. The highest BCUT2D eigenvalue weighted by molar-refractivity contribution is 5.74. The predicted octanol–water partition coefficient (Wildman–Crippen LogP) is 3.55. The smallest absolute Gasteiger partial charge is 0.315 e. The first kappa shape index (κ1) is 58.3. The van der Waals surface area contributed by atoms with E-state index in [9.17, 15) is 55.5 Å². The van der Waals surface area contributed by atoms with Crippen LogP contribution in [-0.2, 0) is 33.3 Å². The summed E-state index contributed by atoms with van der Waals surface area (Å²) in [5.41, 5.74) is 0. The van der Waals surface area contributed by atoms with Gasteiger partial charge in [-0.1, -0.05) is 113 Å². The van der Waals surface area contributed by atoms with E-state index in [1.54, 1.807) is 58.1 Å². The predicted molar refractivity (Wildman–Crippen MR) is 248 cm³/mol. The van der Waals surface area contributed by atoms with Gasteiger partial charge in [-0.3, -0.25) is 9.59 Å². The van der Waals surface area contributed by atoms with Gasteiger partial charge in [0.05, 0.1) is 80.3 Å². The Balaban J connectivity index is 0.0000150. The fraction of sp³-hybridized carbons (Fsp3) is 0.640. The zero-order chi connectivity index (χ0) is 48.2. The van der Waals surface area contributed by atoms with E-state index in [4.69, 9.17) is 23.7 Å². The molecule has 0 aromatic carbocycles. The summed E-state index contributed by atoms with van der Waals surface area (Å²) in [5, 5.41) is 97.1. The Morgan fingerprint density at radius 1 is 0.606 bits per heavy atom. The lowest BCUT2D eigenvalue weighted by atomic mass is 9.88. The van der Waals surface area contributed by atoms with Gasteiger partial charge in [0.25, 0.3) is 0 Å². The molecular weight excluding hydrogens is 857 g/mol. The number of rotatable bonds is 3. The van der Waals surface area contributed by atoms with E-state index in [0.29, 0.717) is 0 Å². The van der Waals surface area contributed by atoms with Gasteiger partial charge in [-0.05, 0) is 39.2 Å². The van der Waals surface area contributed by atoms with Crippen LogP contribution in [0.5, 0.6) is 0 Å². The van der Waals surface area contributed by atoms with Crippen LogP contribution in [0, 0.1) is 23.7 Å². The number of allylic oxidation sites excluding steroid dienone is 12. The van der Waals surface area contributed by atoms with Gasteiger partial charge in [-0.25, -0.2) is 0 Å². The normalized spacial score (nSPS) is 42.3. The molecule has 0 spiro atoms. The van der Waals surface area contributed by atoms with Gasteiger partial charge in [-0.2, -0.15) is 0 Å². The second-order valence-electron chi connectivity index (χ2n) is 17.4. The monoisotopic (exact) mass is 935 g/mol. The van der Waals surface area contributed by atoms with Gasteiger partial charge >= 0.3 is 11.9 Å². The van der Waals surface area contributed by atoms with Crippen molar-refractivity contribution in [2.45, 2.75) is 173 Å². The molecule has 18 atom stereocenters. The average Bonchev–Trinajstić information content (AvgIpc) is 3.24. The second kappa shape index (κ2) is 29.9. The Morgan fingerprint density at radius 3 is 1.76 bits per heavy atom. The number of carbonyl (C=O) groups excluding carboxylic acids is 2. The molecule has 9 N–H and O–H groups in total. The summed E-state index contributed by atoms with van der Waals surface area (Å²) in [5.74, 6) is -3.88. The highest BCUT2D eigenvalue weighted by atomic mass is 16.7. The van der Waals surface area contributed by atoms with Crippen molar-refractivity contribution in [3.05, 3.63) is 96.9 Å². The summed E-state index contributed by atoms with van der Waals surface area (Å²) >= 11 is 0. The lowest BCUT2D eigenvalue weighted by Gasteiger charge is -2.41. The van der Waals surface area contributed by atoms with E-state index in [-0.39, 0.29) is 57.6 Å². The molecule has 0 radical (unpaired) electrons. The van der Waals surface area contributed by atoms with Crippen LogP contribution in [0.3, 0.4) is 0 Å². The van der Waals surface area contributed by atoms with Crippen molar-refractivity contribution < 1.29 is 79.2 Å². The van der Waals surface area contributed by atoms with Gasteiger partial charge in [0.2, 0.25) is 0 Å². The molecule has 0 aromatic rings. The van der Waals surface area contributed by atoms with E-state index in [2.05, 4.69) is 0 Å².